The number of carbonyl (C=O) groups is 2. The van der Waals surface area contributed by atoms with E-state index in [1.807, 2.05) is 43.3 Å². The third-order valence-corrected chi connectivity index (χ3v) is 5.30. The Labute approximate surface area is 180 Å². The second-order valence-electron chi connectivity index (χ2n) is 7.37. The molecule has 0 spiro atoms. The van der Waals surface area contributed by atoms with Crippen LogP contribution in [-0.4, -0.2) is 25.0 Å². The van der Waals surface area contributed by atoms with E-state index in [0.717, 1.165) is 16.5 Å². The number of carbonyl (C=O) groups excluding carboxylic acids is 2. The fraction of sp³-hybridized carbons (Fsp3) is 0.364. The Kier molecular flexibility index (Phi) is 8.08. The first-order valence-corrected chi connectivity index (χ1v) is 10.2. The molecule has 0 aromatic heterocycles. The highest BCUT2D eigenvalue weighted by Gasteiger charge is 2.17. The van der Waals surface area contributed by atoms with Crippen molar-refractivity contribution in [1.29, 1.82) is 0 Å². The zero-order chi connectivity index (χ0) is 21.4. The van der Waals surface area contributed by atoms with Crippen molar-refractivity contribution in [2.45, 2.75) is 39.5 Å². The van der Waals surface area contributed by atoms with Crippen LogP contribution < -0.4 is 20.3 Å². The summed E-state index contributed by atoms with van der Waals surface area (Å²) in [6.45, 7) is 8.03. The molecule has 0 aliphatic carbocycles. The van der Waals surface area contributed by atoms with Gasteiger partial charge in [0.2, 0.25) is 0 Å². The summed E-state index contributed by atoms with van der Waals surface area (Å²) in [6, 6.07) is 13.2. The number of hydrazine groups is 1. The van der Waals surface area contributed by atoms with Crippen molar-refractivity contribution >= 4 is 27.7 Å². The smallest absolute Gasteiger partial charge is 0.276 e. The van der Waals surface area contributed by atoms with E-state index in [0.29, 0.717) is 11.5 Å². The molecule has 2 N–H and O–H groups in total. The van der Waals surface area contributed by atoms with Gasteiger partial charge < -0.3 is 9.47 Å². The van der Waals surface area contributed by atoms with Gasteiger partial charge in [-0.15, -0.1) is 0 Å². The molecule has 0 saturated heterocycles. The molecule has 0 aliphatic heterocycles. The number of aryl methyl sites for hydroxylation is 1. The van der Waals surface area contributed by atoms with E-state index in [9.17, 15) is 9.59 Å². The minimum Gasteiger partial charge on any atom is -0.484 e. The van der Waals surface area contributed by atoms with E-state index in [-0.39, 0.29) is 18.6 Å². The van der Waals surface area contributed by atoms with Gasteiger partial charge in [-0.2, -0.15) is 0 Å². The van der Waals surface area contributed by atoms with E-state index in [1.54, 1.807) is 6.07 Å². The first-order valence-electron chi connectivity index (χ1n) is 9.41. The summed E-state index contributed by atoms with van der Waals surface area (Å²) >= 11 is 3.38. The van der Waals surface area contributed by atoms with Gasteiger partial charge in [0.05, 0.1) is 4.47 Å². The van der Waals surface area contributed by atoms with Crippen molar-refractivity contribution in [3.05, 3.63) is 58.1 Å². The number of rotatable bonds is 8. The maximum atomic E-state index is 11.9. The van der Waals surface area contributed by atoms with Gasteiger partial charge in [-0.25, -0.2) is 0 Å². The molecule has 6 nitrogen and oxygen atoms in total. The van der Waals surface area contributed by atoms with Crippen molar-refractivity contribution in [3.8, 4) is 11.5 Å². The van der Waals surface area contributed by atoms with E-state index in [1.165, 1.54) is 5.56 Å². The third kappa shape index (κ3) is 7.09. The maximum absolute atomic E-state index is 11.9. The molecular weight excluding hydrogens is 436 g/mol. The molecule has 2 amide bonds. The molecule has 2 rings (SSSR count). The average molecular weight is 463 g/mol. The molecule has 0 radical (unpaired) electrons. The lowest BCUT2D eigenvalue weighted by Crippen LogP contribution is -2.45. The lowest BCUT2D eigenvalue weighted by Gasteiger charge is -2.23. The summed E-state index contributed by atoms with van der Waals surface area (Å²) in [7, 11) is 0. The maximum Gasteiger partial charge on any atom is 0.276 e. The Morgan fingerprint density at radius 1 is 0.966 bits per heavy atom. The average Bonchev–Trinajstić information content (AvgIpc) is 2.70. The molecular formula is C22H27BrN2O4. The summed E-state index contributed by atoms with van der Waals surface area (Å²) in [5.74, 6) is 0.203. The summed E-state index contributed by atoms with van der Waals surface area (Å²) in [5.41, 5.74) is 6.98. The van der Waals surface area contributed by atoms with Crippen LogP contribution in [-0.2, 0) is 15.0 Å². The number of benzene rings is 2. The molecule has 2 aromatic carbocycles. The van der Waals surface area contributed by atoms with Crippen molar-refractivity contribution in [3.63, 3.8) is 0 Å². The normalized spacial score (nSPS) is 10.9. The van der Waals surface area contributed by atoms with Gasteiger partial charge in [-0.05, 0) is 70.1 Å². The number of ether oxygens (including phenoxy) is 2. The lowest BCUT2D eigenvalue weighted by atomic mass is 9.82. The predicted octanol–water partition coefficient (Wildman–Crippen LogP) is 4.05. The topological polar surface area (TPSA) is 76.7 Å². The molecule has 0 heterocycles. The second kappa shape index (κ2) is 10.3. The zero-order valence-electron chi connectivity index (χ0n) is 17.2. The number of hydrogen-bond acceptors (Lipinski definition) is 4. The Bertz CT molecular complexity index is 850. The molecule has 0 atom stereocenters. The standard InChI is InChI=1S/C22H27BrN2O4/c1-5-22(3,4)16-7-9-17(10-8-16)28-13-20(26)24-25-21(27)14-29-19-11-6-15(2)12-18(19)23/h6-12H,5,13-14H2,1-4H3,(H,24,26)(H,25,27). The molecule has 0 saturated carbocycles. The first-order chi connectivity index (χ1) is 13.7. The summed E-state index contributed by atoms with van der Waals surface area (Å²) in [4.78, 5) is 23.7. The van der Waals surface area contributed by atoms with Crippen LogP contribution in [0.1, 0.15) is 38.3 Å². The van der Waals surface area contributed by atoms with Crippen LogP contribution in [0.5, 0.6) is 11.5 Å². The van der Waals surface area contributed by atoms with Crippen LogP contribution in [0.4, 0.5) is 0 Å². The van der Waals surface area contributed by atoms with Crippen LogP contribution in [0.25, 0.3) is 0 Å². The Hall–Kier alpha value is -2.54. The van der Waals surface area contributed by atoms with Crippen molar-refractivity contribution < 1.29 is 19.1 Å². The van der Waals surface area contributed by atoms with Gasteiger partial charge in [0.15, 0.2) is 13.2 Å². The van der Waals surface area contributed by atoms with E-state index >= 15 is 0 Å². The zero-order valence-corrected chi connectivity index (χ0v) is 18.8. The van der Waals surface area contributed by atoms with Crippen LogP contribution in [0.15, 0.2) is 46.9 Å². The van der Waals surface area contributed by atoms with E-state index in [2.05, 4.69) is 47.6 Å². The van der Waals surface area contributed by atoms with Crippen molar-refractivity contribution in [2.24, 2.45) is 0 Å². The molecule has 0 unspecified atom stereocenters. The fourth-order valence-electron chi connectivity index (χ4n) is 2.43. The van der Waals surface area contributed by atoms with Gasteiger partial charge >= 0.3 is 0 Å². The van der Waals surface area contributed by atoms with E-state index < -0.39 is 11.8 Å². The Morgan fingerprint density at radius 2 is 1.55 bits per heavy atom. The van der Waals surface area contributed by atoms with E-state index in [4.69, 9.17) is 9.47 Å². The molecule has 156 valence electrons. The molecule has 0 aliphatic rings. The SMILES string of the molecule is CCC(C)(C)c1ccc(OCC(=O)NNC(=O)COc2ccc(C)cc2Br)cc1. The van der Waals surface area contributed by atoms with Gasteiger partial charge in [0, 0.05) is 0 Å². The highest BCUT2D eigenvalue weighted by Crippen LogP contribution is 2.28. The van der Waals surface area contributed by atoms with Gasteiger partial charge in [-0.1, -0.05) is 39.0 Å². The van der Waals surface area contributed by atoms with Crippen LogP contribution in [0, 0.1) is 6.92 Å². The monoisotopic (exact) mass is 462 g/mol. The minimum absolute atomic E-state index is 0.0937. The quantitative estimate of drug-likeness (QED) is 0.580. The van der Waals surface area contributed by atoms with Crippen LogP contribution >= 0.6 is 15.9 Å². The lowest BCUT2D eigenvalue weighted by molar-refractivity contribution is -0.131. The van der Waals surface area contributed by atoms with Gasteiger partial charge in [0.1, 0.15) is 11.5 Å². The highest BCUT2D eigenvalue weighted by molar-refractivity contribution is 9.10. The Morgan fingerprint density at radius 3 is 2.10 bits per heavy atom. The van der Waals surface area contributed by atoms with Crippen LogP contribution in [0.3, 0.4) is 0 Å². The second-order valence-corrected chi connectivity index (χ2v) is 8.22. The van der Waals surface area contributed by atoms with Crippen molar-refractivity contribution in [2.75, 3.05) is 13.2 Å². The summed E-state index contributed by atoms with van der Waals surface area (Å²) in [6.07, 6.45) is 1.03. The Balaban J connectivity index is 1.72. The first kappa shape index (κ1) is 22.7. The van der Waals surface area contributed by atoms with Crippen molar-refractivity contribution in [1.82, 2.24) is 10.9 Å². The molecule has 0 fully saturated rings. The van der Waals surface area contributed by atoms with Crippen LogP contribution in [0.2, 0.25) is 0 Å². The minimum atomic E-state index is -0.475. The molecule has 7 heteroatoms. The number of amides is 2. The molecule has 29 heavy (non-hydrogen) atoms. The third-order valence-electron chi connectivity index (χ3n) is 4.68. The summed E-state index contributed by atoms with van der Waals surface area (Å²) < 4.78 is 11.6. The fourth-order valence-corrected chi connectivity index (χ4v) is 3.04. The predicted molar refractivity (Wildman–Crippen MR) is 116 cm³/mol. The highest BCUT2D eigenvalue weighted by atomic mass is 79.9. The summed E-state index contributed by atoms with van der Waals surface area (Å²) in [5, 5.41) is 0. The molecule has 0 bridgehead atoms. The van der Waals surface area contributed by atoms with Gasteiger partial charge in [0.25, 0.3) is 11.8 Å². The molecule has 2 aromatic rings. The number of nitrogens with one attached hydrogen (secondary N) is 2. The number of hydrogen-bond donors (Lipinski definition) is 2. The number of halogens is 1. The van der Waals surface area contributed by atoms with Gasteiger partial charge in [-0.3, -0.25) is 20.4 Å². The largest absolute Gasteiger partial charge is 0.484 e.